The van der Waals surface area contributed by atoms with Gasteiger partial charge in [-0.05, 0) is 40.2 Å². The number of nitrogens with zero attached hydrogens (tertiary/aromatic N) is 4. The first kappa shape index (κ1) is 17.8. The molecule has 0 aliphatic rings. The number of hydrogen-bond donors (Lipinski definition) is 0. The second kappa shape index (κ2) is 6.50. The Balaban J connectivity index is 2.46. The molecule has 120 valence electrons. The van der Waals surface area contributed by atoms with Gasteiger partial charge in [0.1, 0.15) is 22.8 Å². The van der Waals surface area contributed by atoms with Gasteiger partial charge in [-0.2, -0.15) is 0 Å². The number of fused-ring (bicyclic) bond motifs is 1. The van der Waals surface area contributed by atoms with Crippen LogP contribution in [0.2, 0.25) is 0 Å². The summed E-state index contributed by atoms with van der Waals surface area (Å²) in [7, 11) is 0. The van der Waals surface area contributed by atoms with E-state index in [1.165, 1.54) is 0 Å². The number of rotatable bonds is 4. The van der Waals surface area contributed by atoms with Crippen molar-refractivity contribution in [2.24, 2.45) is 0 Å². The molecule has 0 fully saturated rings. The van der Waals surface area contributed by atoms with E-state index in [1.807, 2.05) is 29.0 Å². The van der Waals surface area contributed by atoms with E-state index < -0.39 is 0 Å². The molecule has 0 spiro atoms. The fraction of sp³-hybridized carbons (Fsp3) is 0.467. The van der Waals surface area contributed by atoms with E-state index in [9.17, 15) is 0 Å². The van der Waals surface area contributed by atoms with Crippen LogP contribution in [0.3, 0.4) is 0 Å². The van der Waals surface area contributed by atoms with Gasteiger partial charge in [-0.1, -0.05) is 6.58 Å². The summed E-state index contributed by atoms with van der Waals surface area (Å²) in [6.07, 6.45) is 2.08. The minimum atomic E-state index is -0.244. The molecule has 0 N–H and O–H groups in total. The number of aromatic nitrogens is 3. The normalized spacial score (nSPS) is 11.8. The molecule has 0 atom stereocenters. The van der Waals surface area contributed by atoms with Crippen LogP contribution in [-0.4, -0.2) is 20.1 Å². The minimum absolute atomic E-state index is 0.244. The van der Waals surface area contributed by atoms with E-state index in [0.717, 1.165) is 34.0 Å². The van der Waals surface area contributed by atoms with Crippen LogP contribution in [0.25, 0.3) is 11.0 Å². The number of hydrogen-bond acceptors (Lipinski definition) is 4. The lowest BCUT2D eigenvalue weighted by molar-refractivity contribution is 0.0460. The highest BCUT2D eigenvalue weighted by molar-refractivity contribution is 14.2. The lowest BCUT2D eigenvalue weighted by atomic mass is 10.2. The highest BCUT2D eigenvalue weighted by Gasteiger charge is 2.18. The summed E-state index contributed by atoms with van der Waals surface area (Å²) in [6.45, 7) is 14.7. The molecule has 0 saturated carbocycles. The molecule has 0 aliphatic carbocycles. The van der Waals surface area contributed by atoms with Crippen molar-refractivity contribution >= 4 is 62.6 Å². The summed E-state index contributed by atoms with van der Waals surface area (Å²) in [5, 5.41) is 1.07. The van der Waals surface area contributed by atoms with Gasteiger partial charge in [0.05, 0.1) is 57.7 Å². The molecule has 0 unspecified atom stereocenters. The fourth-order valence-corrected chi connectivity index (χ4v) is 3.06. The maximum atomic E-state index is 5.84. The second-order valence-electron chi connectivity index (χ2n) is 6.22. The van der Waals surface area contributed by atoms with Crippen molar-refractivity contribution in [1.82, 2.24) is 14.5 Å². The summed E-state index contributed by atoms with van der Waals surface area (Å²) in [6, 6.07) is 0. The van der Waals surface area contributed by atoms with Gasteiger partial charge in [0, 0.05) is 6.20 Å². The molecular formula is C15H20I2N4O. The topological polar surface area (TPSA) is 43.2 Å². The molecular weight excluding hydrogens is 506 g/mol. The zero-order chi connectivity index (χ0) is 16.7. The molecule has 0 aromatic carbocycles. The van der Waals surface area contributed by atoms with Gasteiger partial charge in [0.25, 0.3) is 0 Å². The van der Waals surface area contributed by atoms with Crippen LogP contribution in [0.15, 0.2) is 18.5 Å². The highest BCUT2D eigenvalue weighted by Crippen LogP contribution is 2.33. The van der Waals surface area contributed by atoms with Gasteiger partial charge in [-0.3, -0.25) is 0 Å². The largest absolute Gasteiger partial charge is 0.491 e. The molecule has 0 saturated heterocycles. The molecule has 22 heavy (non-hydrogen) atoms. The molecule has 0 bridgehead atoms. The molecule has 0 radical (unpaired) electrons. The van der Waals surface area contributed by atoms with E-state index in [4.69, 9.17) is 4.74 Å². The minimum Gasteiger partial charge on any atom is -0.491 e. The summed E-state index contributed by atoms with van der Waals surface area (Å²) in [5.74, 6) is 2.40. The maximum absolute atomic E-state index is 5.84. The Kier molecular flexibility index (Phi) is 5.25. The van der Waals surface area contributed by atoms with Gasteiger partial charge in [-0.25, -0.2) is 11.3 Å². The fourth-order valence-electron chi connectivity index (χ4n) is 2.36. The quantitative estimate of drug-likeness (QED) is 0.324. The molecule has 5 nitrogen and oxygen atoms in total. The standard InChI is InChI=1S/C15H20I2N4O/c1-9-7-20(8-10(2)22-15(4,5)6)13-12(9)14(21(16)17)19-11(3)18-13/h7H,2,8H2,1,3-6H3. The zero-order valence-electron chi connectivity index (χ0n) is 13.4. The molecule has 7 heteroatoms. The molecule has 2 aromatic heterocycles. The van der Waals surface area contributed by atoms with Crippen LogP contribution < -0.4 is 1.33 Å². The summed E-state index contributed by atoms with van der Waals surface area (Å²) < 4.78 is 9.88. The van der Waals surface area contributed by atoms with Crippen LogP contribution in [0.1, 0.15) is 32.2 Å². The Morgan fingerprint density at radius 2 is 1.95 bits per heavy atom. The van der Waals surface area contributed by atoms with Crippen molar-refractivity contribution < 1.29 is 4.74 Å². The van der Waals surface area contributed by atoms with Crippen molar-refractivity contribution in [3.63, 3.8) is 0 Å². The third kappa shape index (κ3) is 4.03. The van der Waals surface area contributed by atoms with Crippen molar-refractivity contribution in [2.75, 3.05) is 1.33 Å². The number of anilines is 1. The Morgan fingerprint density at radius 3 is 2.50 bits per heavy atom. The van der Waals surface area contributed by atoms with E-state index in [2.05, 4.69) is 80.0 Å². The molecule has 2 aromatic rings. The lowest BCUT2D eigenvalue weighted by Gasteiger charge is -2.23. The number of ether oxygens (including phenoxy) is 1. The Hall–Kier alpha value is -0.580. The number of halogens is 2. The van der Waals surface area contributed by atoms with Gasteiger partial charge >= 0.3 is 0 Å². The average Bonchev–Trinajstić information content (AvgIpc) is 2.62. The molecule has 2 rings (SSSR count). The lowest BCUT2D eigenvalue weighted by Crippen LogP contribution is -2.20. The molecule has 2 heterocycles. The Morgan fingerprint density at radius 1 is 1.32 bits per heavy atom. The van der Waals surface area contributed by atoms with E-state index in [1.54, 1.807) is 0 Å². The number of aryl methyl sites for hydroxylation is 2. The first-order chi connectivity index (χ1) is 10.1. The van der Waals surface area contributed by atoms with Crippen molar-refractivity contribution in [3.8, 4) is 0 Å². The van der Waals surface area contributed by atoms with Crippen LogP contribution in [-0.2, 0) is 11.3 Å². The SMILES string of the molecule is C=C(Cn1cc(C)c2c(N(I)I)nc(C)nc21)OC(C)(C)C. The first-order valence-electron chi connectivity index (χ1n) is 6.91. The monoisotopic (exact) mass is 526 g/mol. The molecule has 0 aliphatic heterocycles. The van der Waals surface area contributed by atoms with Gasteiger partial charge in [0.15, 0.2) is 5.82 Å². The van der Waals surface area contributed by atoms with Crippen LogP contribution in [0.4, 0.5) is 5.82 Å². The van der Waals surface area contributed by atoms with Crippen molar-refractivity contribution in [1.29, 1.82) is 0 Å². The van der Waals surface area contributed by atoms with Crippen LogP contribution >= 0.6 is 45.7 Å². The summed E-state index contributed by atoms with van der Waals surface area (Å²) in [4.78, 5) is 9.16. The van der Waals surface area contributed by atoms with Gasteiger partial charge < -0.3 is 9.30 Å². The predicted octanol–water partition coefficient (Wildman–Crippen LogP) is 4.88. The van der Waals surface area contributed by atoms with Crippen molar-refractivity contribution in [2.45, 2.75) is 46.8 Å². The van der Waals surface area contributed by atoms with Gasteiger partial charge in [0.2, 0.25) is 0 Å². The Bertz CT molecular complexity index is 716. The van der Waals surface area contributed by atoms with E-state index >= 15 is 0 Å². The third-order valence-electron chi connectivity index (χ3n) is 2.96. The molecule has 0 amide bonds. The van der Waals surface area contributed by atoms with E-state index in [0.29, 0.717) is 6.54 Å². The summed E-state index contributed by atoms with van der Waals surface area (Å²) >= 11 is 4.44. The van der Waals surface area contributed by atoms with Crippen LogP contribution in [0, 0.1) is 13.8 Å². The zero-order valence-corrected chi connectivity index (χ0v) is 17.8. The van der Waals surface area contributed by atoms with E-state index in [-0.39, 0.29) is 5.60 Å². The van der Waals surface area contributed by atoms with Gasteiger partial charge in [-0.15, -0.1) is 0 Å². The number of allylic oxidation sites excluding steroid dienone is 1. The first-order valence-corrected chi connectivity index (χ1v) is 8.84. The van der Waals surface area contributed by atoms with Crippen LogP contribution in [0.5, 0.6) is 0 Å². The predicted molar refractivity (Wildman–Crippen MR) is 107 cm³/mol. The average molecular weight is 526 g/mol. The maximum Gasteiger partial charge on any atom is 0.159 e. The smallest absolute Gasteiger partial charge is 0.159 e. The highest BCUT2D eigenvalue weighted by atomic mass is 127. The second-order valence-corrected chi connectivity index (χ2v) is 9.99. The summed E-state index contributed by atoms with van der Waals surface area (Å²) in [5.41, 5.74) is 1.82. The van der Waals surface area contributed by atoms with Crippen molar-refractivity contribution in [3.05, 3.63) is 29.9 Å². The Labute approximate surface area is 159 Å². The third-order valence-corrected chi connectivity index (χ3v) is 3.87.